The van der Waals surface area contributed by atoms with Gasteiger partial charge in [0.05, 0.1) is 22.2 Å². The number of aliphatic hydroxyl groups is 1. The number of anilines is 2. The van der Waals surface area contributed by atoms with Crippen LogP contribution >= 0.6 is 11.3 Å². The Labute approximate surface area is 155 Å². The summed E-state index contributed by atoms with van der Waals surface area (Å²) in [6.07, 6.45) is 0.000221. The van der Waals surface area contributed by atoms with E-state index in [1.165, 1.54) is 13.0 Å². The minimum Gasteiger partial charge on any atom is -0.391 e. The van der Waals surface area contributed by atoms with E-state index in [1.807, 2.05) is 0 Å². The number of carbonyl (C=O) groups excluding carboxylic acids is 2. The van der Waals surface area contributed by atoms with E-state index in [4.69, 9.17) is 0 Å². The van der Waals surface area contributed by atoms with Gasteiger partial charge in [-0.15, -0.1) is 11.3 Å². The Bertz CT molecular complexity index is 878. The Morgan fingerprint density at radius 3 is 2.65 bits per heavy atom. The second-order valence-electron chi connectivity index (χ2n) is 6.62. The molecular weight excluding hydrogens is 355 g/mol. The number of ketones is 1. The number of nitrogens with zero attached hydrogens (tertiary/aromatic N) is 1. The van der Waals surface area contributed by atoms with Crippen LogP contribution in [0, 0.1) is 19.7 Å². The van der Waals surface area contributed by atoms with E-state index < -0.39 is 11.9 Å². The number of amides is 1. The number of aliphatic hydroxyl groups excluding tert-OH is 1. The van der Waals surface area contributed by atoms with Crippen molar-refractivity contribution >= 4 is 33.7 Å². The van der Waals surface area contributed by atoms with Gasteiger partial charge in [-0.05, 0) is 50.5 Å². The Kier molecular flexibility index (Phi) is 5.11. The standard InChI is InChI=1S/C19H21FN2O3S/c1-10-4-5-15(14(20)8-10)21-18-16(11(2)17(26-18)12(3)23)19(25)22-7-6-13(24)9-22/h4-5,8,13,21,24H,6-7,9H2,1-3H3/t13-/m1/s1. The predicted octanol–water partition coefficient (Wildman–Crippen LogP) is 3.66. The molecule has 0 aliphatic carbocycles. The molecule has 5 nitrogen and oxygen atoms in total. The molecule has 1 aliphatic rings. The molecule has 2 heterocycles. The van der Waals surface area contributed by atoms with Crippen LogP contribution in [0.25, 0.3) is 0 Å². The van der Waals surface area contributed by atoms with Gasteiger partial charge in [-0.2, -0.15) is 0 Å². The monoisotopic (exact) mass is 376 g/mol. The summed E-state index contributed by atoms with van der Waals surface area (Å²) in [4.78, 5) is 27.0. The number of hydrogen-bond acceptors (Lipinski definition) is 5. The van der Waals surface area contributed by atoms with Crippen LogP contribution in [-0.4, -0.2) is 40.9 Å². The van der Waals surface area contributed by atoms with Crippen molar-refractivity contribution in [3.8, 4) is 0 Å². The van der Waals surface area contributed by atoms with Crippen LogP contribution in [0.1, 0.15) is 44.5 Å². The van der Waals surface area contributed by atoms with E-state index in [9.17, 15) is 19.1 Å². The van der Waals surface area contributed by atoms with Crippen molar-refractivity contribution < 1.29 is 19.1 Å². The van der Waals surface area contributed by atoms with Gasteiger partial charge >= 0.3 is 0 Å². The number of rotatable bonds is 4. The molecule has 1 fully saturated rings. The number of β-amino-alcohol motifs (C(OH)–C–C–N with tert-alkyl or cyclic N) is 1. The van der Waals surface area contributed by atoms with E-state index in [-0.39, 0.29) is 23.9 Å². The van der Waals surface area contributed by atoms with Gasteiger partial charge in [-0.25, -0.2) is 4.39 Å². The summed E-state index contributed by atoms with van der Waals surface area (Å²) in [6, 6.07) is 4.80. The number of hydrogen-bond donors (Lipinski definition) is 2. The highest BCUT2D eigenvalue weighted by Gasteiger charge is 2.31. The fourth-order valence-corrected chi connectivity index (χ4v) is 4.23. The first-order valence-electron chi connectivity index (χ1n) is 8.42. The predicted molar refractivity (Wildman–Crippen MR) is 100 cm³/mol. The number of thiophene rings is 1. The molecule has 0 radical (unpaired) electrons. The van der Waals surface area contributed by atoms with Crippen LogP contribution in [0.4, 0.5) is 15.1 Å². The number of halogens is 1. The molecule has 0 bridgehead atoms. The third-order valence-electron chi connectivity index (χ3n) is 4.50. The van der Waals surface area contributed by atoms with Crippen molar-refractivity contribution in [1.29, 1.82) is 0 Å². The lowest BCUT2D eigenvalue weighted by atomic mass is 10.1. The van der Waals surface area contributed by atoms with Gasteiger partial charge in [0.15, 0.2) is 5.78 Å². The van der Waals surface area contributed by atoms with Crippen LogP contribution in [0.5, 0.6) is 0 Å². The maximum absolute atomic E-state index is 14.2. The molecule has 7 heteroatoms. The summed E-state index contributed by atoms with van der Waals surface area (Å²) in [5.74, 6) is -0.811. The number of nitrogens with one attached hydrogen (secondary N) is 1. The lowest BCUT2D eigenvalue weighted by Crippen LogP contribution is -2.30. The lowest BCUT2D eigenvalue weighted by molar-refractivity contribution is 0.0765. The maximum Gasteiger partial charge on any atom is 0.257 e. The summed E-state index contributed by atoms with van der Waals surface area (Å²) in [5, 5.41) is 13.1. The van der Waals surface area contributed by atoms with Gasteiger partial charge in [-0.1, -0.05) is 6.07 Å². The van der Waals surface area contributed by atoms with Crippen LogP contribution in [-0.2, 0) is 0 Å². The third-order valence-corrected chi connectivity index (χ3v) is 5.81. The van der Waals surface area contributed by atoms with Crippen LogP contribution < -0.4 is 5.32 Å². The highest BCUT2D eigenvalue weighted by molar-refractivity contribution is 7.18. The quantitative estimate of drug-likeness (QED) is 0.799. The molecular formula is C19H21FN2O3S. The van der Waals surface area contributed by atoms with E-state index in [0.717, 1.165) is 16.9 Å². The third kappa shape index (κ3) is 3.50. The molecule has 0 spiro atoms. The topological polar surface area (TPSA) is 69.6 Å². The fourth-order valence-electron chi connectivity index (χ4n) is 3.12. The van der Waals surface area contributed by atoms with Crippen LogP contribution in [0.2, 0.25) is 0 Å². The molecule has 3 rings (SSSR count). The average Bonchev–Trinajstić information content (AvgIpc) is 3.13. The molecule has 0 unspecified atom stereocenters. The SMILES string of the molecule is CC(=O)c1sc(Nc2ccc(C)cc2F)c(C(=O)N2CC[C@@H](O)C2)c1C. The van der Waals surface area contributed by atoms with Gasteiger partial charge in [-0.3, -0.25) is 9.59 Å². The summed E-state index contributed by atoms with van der Waals surface area (Å²) in [7, 11) is 0. The number of benzene rings is 1. The summed E-state index contributed by atoms with van der Waals surface area (Å²) >= 11 is 1.15. The molecule has 1 amide bonds. The van der Waals surface area contributed by atoms with Gasteiger partial charge in [0.2, 0.25) is 0 Å². The summed E-state index contributed by atoms with van der Waals surface area (Å²) in [5.41, 5.74) is 2.00. The van der Waals surface area contributed by atoms with Crippen molar-refractivity contribution in [2.45, 2.75) is 33.3 Å². The molecule has 2 aromatic rings. The Morgan fingerprint density at radius 1 is 1.35 bits per heavy atom. The number of carbonyl (C=O) groups is 2. The zero-order valence-corrected chi connectivity index (χ0v) is 15.7. The number of Topliss-reactive ketones (excluding diaryl/α,β-unsaturated/α-hetero) is 1. The normalized spacial score (nSPS) is 16.8. The van der Waals surface area contributed by atoms with Crippen molar-refractivity contribution in [3.63, 3.8) is 0 Å². The van der Waals surface area contributed by atoms with Gasteiger partial charge in [0, 0.05) is 13.1 Å². The van der Waals surface area contributed by atoms with E-state index in [0.29, 0.717) is 34.0 Å². The minimum absolute atomic E-state index is 0.138. The van der Waals surface area contributed by atoms with E-state index in [2.05, 4.69) is 5.32 Å². The zero-order chi connectivity index (χ0) is 19.0. The number of likely N-dealkylation sites (tertiary alicyclic amines) is 1. The molecule has 1 aliphatic heterocycles. The fraction of sp³-hybridized carbons (Fsp3) is 0.368. The first kappa shape index (κ1) is 18.5. The molecule has 1 aromatic heterocycles. The van der Waals surface area contributed by atoms with Crippen molar-refractivity contribution in [1.82, 2.24) is 4.90 Å². The smallest absolute Gasteiger partial charge is 0.257 e. The zero-order valence-electron chi connectivity index (χ0n) is 14.9. The molecule has 1 aromatic carbocycles. The minimum atomic E-state index is -0.531. The first-order chi connectivity index (χ1) is 12.3. The lowest BCUT2D eigenvalue weighted by Gasteiger charge is -2.17. The maximum atomic E-state index is 14.2. The highest BCUT2D eigenvalue weighted by Crippen LogP contribution is 2.37. The van der Waals surface area contributed by atoms with Crippen LogP contribution in [0.15, 0.2) is 18.2 Å². The van der Waals surface area contributed by atoms with E-state index in [1.54, 1.807) is 30.9 Å². The van der Waals surface area contributed by atoms with Gasteiger partial charge in [0.25, 0.3) is 5.91 Å². The first-order valence-corrected chi connectivity index (χ1v) is 9.24. The van der Waals surface area contributed by atoms with E-state index >= 15 is 0 Å². The second-order valence-corrected chi connectivity index (χ2v) is 7.64. The van der Waals surface area contributed by atoms with Gasteiger partial charge in [0.1, 0.15) is 10.8 Å². The molecule has 2 N–H and O–H groups in total. The molecule has 1 saturated heterocycles. The molecule has 1 atom stereocenters. The Balaban J connectivity index is 2.02. The largest absolute Gasteiger partial charge is 0.391 e. The van der Waals surface area contributed by atoms with Crippen molar-refractivity contribution in [3.05, 3.63) is 45.6 Å². The summed E-state index contributed by atoms with van der Waals surface area (Å²) < 4.78 is 14.2. The Morgan fingerprint density at radius 2 is 2.08 bits per heavy atom. The highest BCUT2D eigenvalue weighted by atomic mass is 32.1. The van der Waals surface area contributed by atoms with Crippen molar-refractivity contribution in [2.24, 2.45) is 0 Å². The molecule has 0 saturated carbocycles. The average molecular weight is 376 g/mol. The Hall–Kier alpha value is -2.25. The number of aryl methyl sites for hydroxylation is 1. The molecule has 26 heavy (non-hydrogen) atoms. The van der Waals surface area contributed by atoms with Crippen LogP contribution in [0.3, 0.4) is 0 Å². The molecule has 138 valence electrons. The van der Waals surface area contributed by atoms with Crippen molar-refractivity contribution in [2.75, 3.05) is 18.4 Å². The van der Waals surface area contributed by atoms with Gasteiger partial charge < -0.3 is 15.3 Å². The summed E-state index contributed by atoms with van der Waals surface area (Å²) in [6.45, 7) is 5.70. The second kappa shape index (κ2) is 7.17.